The minimum atomic E-state index is -0.596. The Morgan fingerprint density at radius 1 is 1.19 bits per heavy atom. The molecule has 0 saturated heterocycles. The fourth-order valence-electron chi connectivity index (χ4n) is 3.57. The van der Waals surface area contributed by atoms with Crippen molar-refractivity contribution in [1.29, 1.82) is 0 Å². The summed E-state index contributed by atoms with van der Waals surface area (Å²) in [5.74, 6) is -0.548. The number of carbonyl (C=O) groups is 3. The molecular weight excluding hydrogens is 410 g/mol. The number of ether oxygens (including phenoxy) is 2. The van der Waals surface area contributed by atoms with Gasteiger partial charge in [0.25, 0.3) is 5.91 Å². The topological polar surface area (TPSA) is 99.5 Å². The first kappa shape index (κ1) is 21.3. The third-order valence-electron chi connectivity index (χ3n) is 5.01. The van der Waals surface area contributed by atoms with Crippen LogP contribution in [-0.4, -0.2) is 39.6 Å². The second-order valence-corrected chi connectivity index (χ2v) is 8.00. The van der Waals surface area contributed by atoms with Crippen molar-refractivity contribution in [2.45, 2.75) is 32.8 Å². The van der Waals surface area contributed by atoms with E-state index in [1.165, 1.54) is 16.9 Å². The number of aromatic nitrogens is 2. The Kier molecular flexibility index (Phi) is 5.52. The summed E-state index contributed by atoms with van der Waals surface area (Å²) in [7, 11) is 0. The van der Waals surface area contributed by atoms with E-state index in [9.17, 15) is 14.4 Å². The molecule has 1 aromatic heterocycles. The van der Waals surface area contributed by atoms with Gasteiger partial charge in [0.2, 0.25) is 0 Å². The number of fused-ring (bicyclic) bond motifs is 1. The number of anilines is 1. The fourth-order valence-corrected chi connectivity index (χ4v) is 3.57. The molecule has 3 aromatic rings. The number of ketones is 1. The third kappa shape index (κ3) is 4.12. The van der Waals surface area contributed by atoms with Gasteiger partial charge in [0.05, 0.1) is 30.5 Å². The van der Waals surface area contributed by atoms with Crippen molar-refractivity contribution in [1.82, 2.24) is 9.78 Å². The normalized spacial score (nSPS) is 14.3. The van der Waals surface area contributed by atoms with Crippen molar-refractivity contribution in [3.05, 3.63) is 71.4 Å². The maximum atomic E-state index is 13.1. The number of benzene rings is 2. The number of amides is 1. The van der Waals surface area contributed by atoms with Gasteiger partial charge in [0.1, 0.15) is 16.9 Å². The highest BCUT2D eigenvalue weighted by molar-refractivity contribution is 6.09. The Bertz CT molecular complexity index is 1200. The summed E-state index contributed by atoms with van der Waals surface area (Å²) < 4.78 is 12.4. The van der Waals surface area contributed by atoms with Gasteiger partial charge < -0.3 is 14.8 Å². The molecule has 1 N–H and O–H groups in total. The van der Waals surface area contributed by atoms with Gasteiger partial charge >= 0.3 is 5.97 Å². The Morgan fingerprint density at radius 2 is 1.94 bits per heavy atom. The third-order valence-corrected chi connectivity index (χ3v) is 5.01. The SMILES string of the molecule is CCOC(=O)c1cnn(-c2ccccc2)c1NC(=O)c1ccc2c(c1)C(=O)CC(C)(C)O2. The number of Topliss-reactive ketones (excluding diaryl/α,β-unsaturated/α-hetero) is 1. The molecule has 1 aliphatic heterocycles. The lowest BCUT2D eigenvalue weighted by Gasteiger charge is -2.31. The molecule has 2 heterocycles. The van der Waals surface area contributed by atoms with Gasteiger partial charge in [-0.25, -0.2) is 9.48 Å². The van der Waals surface area contributed by atoms with Crippen molar-refractivity contribution in [3.63, 3.8) is 0 Å². The second kappa shape index (κ2) is 8.30. The molecule has 0 unspecified atom stereocenters. The van der Waals surface area contributed by atoms with Crippen LogP contribution in [0.15, 0.2) is 54.7 Å². The Hall–Kier alpha value is -3.94. The van der Waals surface area contributed by atoms with Crippen molar-refractivity contribution in [3.8, 4) is 11.4 Å². The highest BCUT2D eigenvalue weighted by Gasteiger charge is 2.33. The largest absolute Gasteiger partial charge is 0.487 e. The first-order valence-electron chi connectivity index (χ1n) is 10.3. The summed E-state index contributed by atoms with van der Waals surface area (Å²) >= 11 is 0. The number of para-hydroxylation sites is 1. The zero-order valence-corrected chi connectivity index (χ0v) is 18.0. The van der Waals surface area contributed by atoms with Crippen LogP contribution in [-0.2, 0) is 4.74 Å². The number of nitrogens with zero attached hydrogens (tertiary/aromatic N) is 2. The monoisotopic (exact) mass is 433 g/mol. The smallest absolute Gasteiger partial charge is 0.343 e. The molecule has 0 radical (unpaired) electrons. The molecule has 0 atom stereocenters. The van der Waals surface area contributed by atoms with Crippen LogP contribution in [0.2, 0.25) is 0 Å². The minimum absolute atomic E-state index is 0.0903. The van der Waals surface area contributed by atoms with Gasteiger partial charge in [-0.1, -0.05) is 18.2 Å². The molecule has 4 rings (SSSR count). The minimum Gasteiger partial charge on any atom is -0.487 e. The first-order valence-corrected chi connectivity index (χ1v) is 10.3. The highest BCUT2D eigenvalue weighted by atomic mass is 16.5. The molecule has 0 aliphatic carbocycles. The molecule has 0 fully saturated rings. The van der Waals surface area contributed by atoms with E-state index in [4.69, 9.17) is 9.47 Å². The molecule has 1 aliphatic rings. The number of carbonyl (C=O) groups excluding carboxylic acids is 3. The van der Waals surface area contributed by atoms with Gasteiger partial charge in [-0.05, 0) is 51.1 Å². The lowest BCUT2D eigenvalue weighted by atomic mass is 9.92. The van der Waals surface area contributed by atoms with Crippen molar-refractivity contribution in [2.24, 2.45) is 0 Å². The second-order valence-electron chi connectivity index (χ2n) is 8.00. The standard InChI is InChI=1S/C24H23N3O5/c1-4-31-23(30)18-14-25-27(16-8-6-5-7-9-16)21(18)26-22(29)15-10-11-20-17(12-15)19(28)13-24(2,3)32-20/h5-12,14H,4,13H2,1-3H3,(H,26,29). The maximum absolute atomic E-state index is 13.1. The van der Waals surface area contributed by atoms with Crippen LogP contribution < -0.4 is 10.1 Å². The highest BCUT2D eigenvalue weighted by Crippen LogP contribution is 2.33. The average molecular weight is 433 g/mol. The number of rotatable bonds is 5. The molecule has 1 amide bonds. The van der Waals surface area contributed by atoms with E-state index in [0.717, 1.165) is 0 Å². The summed E-state index contributed by atoms with van der Waals surface area (Å²) in [4.78, 5) is 38.1. The zero-order chi connectivity index (χ0) is 22.9. The number of esters is 1. The predicted molar refractivity (Wildman–Crippen MR) is 118 cm³/mol. The van der Waals surface area contributed by atoms with E-state index in [1.807, 2.05) is 32.0 Å². The number of hydrogen-bond acceptors (Lipinski definition) is 6. The van der Waals surface area contributed by atoms with Crippen molar-refractivity contribution < 1.29 is 23.9 Å². The van der Waals surface area contributed by atoms with Gasteiger partial charge in [0.15, 0.2) is 11.6 Å². The lowest BCUT2D eigenvalue weighted by molar-refractivity contribution is 0.0526. The lowest BCUT2D eigenvalue weighted by Crippen LogP contribution is -2.36. The van der Waals surface area contributed by atoms with E-state index in [-0.39, 0.29) is 35.8 Å². The van der Waals surface area contributed by atoms with Gasteiger partial charge in [-0.3, -0.25) is 9.59 Å². The Labute approximate surface area is 185 Å². The van der Waals surface area contributed by atoms with Crippen LogP contribution in [0.1, 0.15) is 58.3 Å². The Morgan fingerprint density at radius 3 is 2.66 bits per heavy atom. The van der Waals surface area contributed by atoms with E-state index in [2.05, 4.69) is 10.4 Å². The van der Waals surface area contributed by atoms with Gasteiger partial charge in [-0.2, -0.15) is 5.10 Å². The quantitative estimate of drug-likeness (QED) is 0.610. The summed E-state index contributed by atoms with van der Waals surface area (Å²) in [5.41, 5.74) is 0.817. The van der Waals surface area contributed by atoms with E-state index < -0.39 is 17.5 Å². The van der Waals surface area contributed by atoms with Crippen LogP contribution in [0.25, 0.3) is 5.69 Å². The van der Waals surface area contributed by atoms with E-state index >= 15 is 0 Å². The molecule has 8 nitrogen and oxygen atoms in total. The van der Waals surface area contributed by atoms with Crippen molar-refractivity contribution >= 4 is 23.5 Å². The van der Waals surface area contributed by atoms with Crippen LogP contribution in [0.4, 0.5) is 5.82 Å². The summed E-state index contributed by atoms with van der Waals surface area (Å²) in [6.07, 6.45) is 1.58. The molecule has 0 spiro atoms. The summed E-state index contributed by atoms with van der Waals surface area (Å²) in [5, 5.41) is 7.02. The van der Waals surface area contributed by atoms with E-state index in [0.29, 0.717) is 17.0 Å². The molecule has 2 aromatic carbocycles. The molecule has 0 bridgehead atoms. The van der Waals surface area contributed by atoms with E-state index in [1.54, 1.807) is 31.2 Å². The maximum Gasteiger partial charge on any atom is 0.343 e. The van der Waals surface area contributed by atoms with Gasteiger partial charge in [0, 0.05) is 5.56 Å². The number of nitrogens with one attached hydrogen (secondary N) is 1. The summed E-state index contributed by atoms with van der Waals surface area (Å²) in [6, 6.07) is 13.8. The van der Waals surface area contributed by atoms with Gasteiger partial charge in [-0.15, -0.1) is 0 Å². The molecule has 0 saturated carbocycles. The van der Waals surface area contributed by atoms with Crippen LogP contribution in [0.5, 0.6) is 5.75 Å². The zero-order valence-electron chi connectivity index (χ0n) is 18.0. The molecule has 8 heteroatoms. The predicted octanol–water partition coefficient (Wildman–Crippen LogP) is 4.05. The fraction of sp³-hybridized carbons (Fsp3) is 0.250. The summed E-state index contributed by atoms with van der Waals surface area (Å²) in [6.45, 7) is 5.57. The van der Waals surface area contributed by atoms with Crippen molar-refractivity contribution in [2.75, 3.05) is 11.9 Å². The van der Waals surface area contributed by atoms with Crippen LogP contribution >= 0.6 is 0 Å². The Balaban J connectivity index is 1.69. The van der Waals surface area contributed by atoms with Crippen LogP contribution in [0, 0.1) is 0 Å². The average Bonchev–Trinajstić information content (AvgIpc) is 3.17. The molecular formula is C24H23N3O5. The first-order chi connectivity index (χ1) is 15.3. The molecule has 164 valence electrons. The molecule has 32 heavy (non-hydrogen) atoms. The van der Waals surface area contributed by atoms with Crippen LogP contribution in [0.3, 0.4) is 0 Å². The number of hydrogen-bond donors (Lipinski definition) is 1.